The third-order valence-corrected chi connectivity index (χ3v) is 4.97. The molecule has 2 aromatic heterocycles. The summed E-state index contributed by atoms with van der Waals surface area (Å²) >= 11 is 3.14. The average Bonchev–Trinajstić information content (AvgIpc) is 3.17. The quantitative estimate of drug-likeness (QED) is 0.651. The average molecular weight is 358 g/mol. The van der Waals surface area contributed by atoms with Gasteiger partial charge in [-0.25, -0.2) is 9.78 Å². The van der Waals surface area contributed by atoms with Gasteiger partial charge in [0.25, 0.3) is 0 Å². The van der Waals surface area contributed by atoms with Crippen LogP contribution in [0.5, 0.6) is 0 Å². The fourth-order valence-corrected chi connectivity index (χ4v) is 3.72. The summed E-state index contributed by atoms with van der Waals surface area (Å²) in [6.07, 6.45) is 0.190. The maximum absolute atomic E-state index is 12.2. The zero-order chi connectivity index (χ0) is 16.9. The van der Waals surface area contributed by atoms with E-state index in [0.29, 0.717) is 11.4 Å². The second-order valence-electron chi connectivity index (χ2n) is 4.92. The van der Waals surface area contributed by atoms with Crippen LogP contribution >= 0.6 is 22.7 Å². The highest BCUT2D eigenvalue weighted by Gasteiger charge is 2.10. The number of thiophene rings is 1. The summed E-state index contributed by atoms with van der Waals surface area (Å²) in [6.45, 7) is 0. The Morgan fingerprint density at radius 2 is 1.88 bits per heavy atom. The number of amides is 3. The van der Waals surface area contributed by atoms with Gasteiger partial charge in [0.05, 0.1) is 17.0 Å². The number of hydrogen-bond donors (Lipinski definition) is 3. The fourth-order valence-electron chi connectivity index (χ4n) is 2.09. The molecule has 0 saturated carbocycles. The van der Waals surface area contributed by atoms with Crippen molar-refractivity contribution in [2.24, 2.45) is 5.73 Å². The van der Waals surface area contributed by atoms with Gasteiger partial charge in [0.15, 0.2) is 0 Å². The van der Waals surface area contributed by atoms with Gasteiger partial charge in [-0.05, 0) is 29.6 Å². The first-order valence-corrected chi connectivity index (χ1v) is 8.81. The van der Waals surface area contributed by atoms with Crippen molar-refractivity contribution in [3.05, 3.63) is 52.9 Å². The number of carbonyl (C=O) groups is 2. The molecule has 122 valence electrons. The highest BCUT2D eigenvalue weighted by atomic mass is 32.1. The van der Waals surface area contributed by atoms with Crippen molar-refractivity contribution in [1.29, 1.82) is 0 Å². The molecule has 0 unspecified atom stereocenters. The van der Waals surface area contributed by atoms with Crippen molar-refractivity contribution in [3.63, 3.8) is 0 Å². The number of rotatable bonds is 5. The van der Waals surface area contributed by atoms with Gasteiger partial charge in [0.2, 0.25) is 5.91 Å². The van der Waals surface area contributed by atoms with Crippen LogP contribution in [0.1, 0.15) is 5.69 Å². The predicted molar refractivity (Wildman–Crippen MR) is 97.4 cm³/mol. The molecule has 4 N–H and O–H groups in total. The minimum atomic E-state index is -0.651. The van der Waals surface area contributed by atoms with Crippen molar-refractivity contribution < 1.29 is 9.59 Å². The van der Waals surface area contributed by atoms with E-state index in [1.165, 1.54) is 11.3 Å². The lowest BCUT2D eigenvalue weighted by atomic mass is 10.2. The number of thiazole rings is 1. The third-order valence-electron chi connectivity index (χ3n) is 3.04. The largest absolute Gasteiger partial charge is 0.351 e. The Morgan fingerprint density at radius 1 is 1.08 bits per heavy atom. The molecule has 3 aromatic rings. The van der Waals surface area contributed by atoms with Gasteiger partial charge in [0, 0.05) is 16.8 Å². The van der Waals surface area contributed by atoms with E-state index in [4.69, 9.17) is 5.73 Å². The molecule has 3 rings (SSSR count). The minimum absolute atomic E-state index is 0.172. The molecular formula is C16H14N4O2S2. The molecule has 0 spiro atoms. The molecule has 0 saturated heterocycles. The zero-order valence-electron chi connectivity index (χ0n) is 12.5. The van der Waals surface area contributed by atoms with E-state index in [1.54, 1.807) is 35.6 Å². The fraction of sp³-hybridized carbons (Fsp3) is 0.0625. The Hall–Kier alpha value is -2.71. The van der Waals surface area contributed by atoms with E-state index in [0.717, 1.165) is 15.6 Å². The molecule has 1 aromatic carbocycles. The van der Waals surface area contributed by atoms with Crippen LogP contribution in [0.2, 0.25) is 0 Å². The van der Waals surface area contributed by atoms with E-state index in [9.17, 15) is 9.59 Å². The van der Waals surface area contributed by atoms with Crippen molar-refractivity contribution in [2.75, 3.05) is 10.6 Å². The summed E-state index contributed by atoms with van der Waals surface area (Å²) < 4.78 is 0. The first kappa shape index (κ1) is 16.2. The minimum Gasteiger partial charge on any atom is -0.351 e. The molecule has 0 aliphatic carbocycles. The number of carbonyl (C=O) groups excluding carboxylic acids is 2. The van der Waals surface area contributed by atoms with E-state index < -0.39 is 6.03 Å². The molecule has 2 heterocycles. The van der Waals surface area contributed by atoms with Crippen molar-refractivity contribution in [2.45, 2.75) is 6.42 Å². The van der Waals surface area contributed by atoms with Crippen LogP contribution in [0.3, 0.4) is 0 Å². The molecule has 0 radical (unpaired) electrons. The van der Waals surface area contributed by atoms with Crippen molar-refractivity contribution in [1.82, 2.24) is 4.98 Å². The number of nitrogens with zero attached hydrogens (tertiary/aromatic N) is 1. The molecular weight excluding hydrogens is 344 g/mol. The van der Waals surface area contributed by atoms with E-state index in [1.807, 2.05) is 22.9 Å². The van der Waals surface area contributed by atoms with Crippen LogP contribution in [-0.4, -0.2) is 16.9 Å². The normalized spacial score (nSPS) is 10.3. The number of nitrogens with one attached hydrogen (secondary N) is 2. The standard InChI is InChI=1S/C16H14N4O2S2/c17-16(22)20-11-4-1-3-10(7-11)18-14(21)8-12-9-24-15(19-12)13-5-2-6-23-13/h1-7,9H,8H2,(H,18,21)(H3,17,20,22). The summed E-state index contributed by atoms with van der Waals surface area (Å²) in [5, 5.41) is 10.1. The van der Waals surface area contributed by atoms with Gasteiger partial charge in [0.1, 0.15) is 5.01 Å². The van der Waals surface area contributed by atoms with Crippen LogP contribution in [-0.2, 0) is 11.2 Å². The highest BCUT2D eigenvalue weighted by molar-refractivity contribution is 7.20. The SMILES string of the molecule is NC(=O)Nc1cccc(NC(=O)Cc2csc(-c3cccs3)n2)c1. The summed E-state index contributed by atoms with van der Waals surface area (Å²) in [5.74, 6) is -0.172. The number of urea groups is 1. The topological polar surface area (TPSA) is 97.1 Å². The number of nitrogens with two attached hydrogens (primary N) is 1. The lowest BCUT2D eigenvalue weighted by Gasteiger charge is -2.07. The smallest absolute Gasteiger partial charge is 0.316 e. The molecule has 24 heavy (non-hydrogen) atoms. The molecule has 6 nitrogen and oxygen atoms in total. The van der Waals surface area contributed by atoms with Gasteiger partial charge in [-0.3, -0.25) is 4.79 Å². The second kappa shape index (κ2) is 7.24. The highest BCUT2D eigenvalue weighted by Crippen LogP contribution is 2.28. The maximum atomic E-state index is 12.2. The maximum Gasteiger partial charge on any atom is 0.316 e. The van der Waals surface area contributed by atoms with Crippen LogP contribution in [0, 0.1) is 0 Å². The number of primary amides is 1. The Morgan fingerprint density at radius 3 is 2.58 bits per heavy atom. The third kappa shape index (κ3) is 4.18. The van der Waals surface area contributed by atoms with Crippen LogP contribution < -0.4 is 16.4 Å². The van der Waals surface area contributed by atoms with Crippen molar-refractivity contribution in [3.8, 4) is 9.88 Å². The number of hydrogen-bond acceptors (Lipinski definition) is 5. The lowest BCUT2D eigenvalue weighted by Crippen LogP contribution is -2.19. The predicted octanol–water partition coefficient (Wildman–Crippen LogP) is 3.54. The lowest BCUT2D eigenvalue weighted by molar-refractivity contribution is -0.115. The van der Waals surface area contributed by atoms with Gasteiger partial charge in [-0.1, -0.05) is 12.1 Å². The molecule has 8 heteroatoms. The van der Waals surface area contributed by atoms with Crippen molar-refractivity contribution >= 4 is 46.0 Å². The van der Waals surface area contributed by atoms with Crippen LogP contribution in [0.15, 0.2) is 47.2 Å². The number of anilines is 2. The Bertz CT molecular complexity index is 859. The molecule has 3 amide bonds. The first-order valence-electron chi connectivity index (χ1n) is 7.05. The number of aromatic nitrogens is 1. The van der Waals surface area contributed by atoms with E-state index >= 15 is 0 Å². The van der Waals surface area contributed by atoms with Gasteiger partial charge in [-0.15, -0.1) is 22.7 Å². The second-order valence-corrected chi connectivity index (χ2v) is 6.72. The molecule has 0 aliphatic rings. The Labute approximate surface area is 146 Å². The summed E-state index contributed by atoms with van der Waals surface area (Å²) in [5.41, 5.74) is 6.91. The first-order chi connectivity index (χ1) is 11.6. The zero-order valence-corrected chi connectivity index (χ0v) is 14.1. The molecule has 0 bridgehead atoms. The Kier molecular flexibility index (Phi) is 4.88. The van der Waals surface area contributed by atoms with Gasteiger partial charge < -0.3 is 16.4 Å². The summed E-state index contributed by atoms with van der Waals surface area (Å²) in [6, 6.07) is 10.1. The molecule has 0 aliphatic heterocycles. The summed E-state index contributed by atoms with van der Waals surface area (Å²) in [4.78, 5) is 28.6. The van der Waals surface area contributed by atoms with E-state index in [-0.39, 0.29) is 12.3 Å². The summed E-state index contributed by atoms with van der Waals surface area (Å²) in [7, 11) is 0. The number of benzene rings is 1. The Balaban J connectivity index is 1.62. The monoisotopic (exact) mass is 358 g/mol. The van der Waals surface area contributed by atoms with Crippen LogP contribution in [0.25, 0.3) is 9.88 Å². The van der Waals surface area contributed by atoms with Gasteiger partial charge >= 0.3 is 6.03 Å². The van der Waals surface area contributed by atoms with Crippen LogP contribution in [0.4, 0.5) is 16.2 Å². The van der Waals surface area contributed by atoms with Gasteiger partial charge in [-0.2, -0.15) is 0 Å². The molecule has 0 fully saturated rings. The van der Waals surface area contributed by atoms with E-state index in [2.05, 4.69) is 15.6 Å². The molecule has 0 atom stereocenters.